The number of phosphoric ester groups is 1. The Balaban J connectivity index is 4.05. The van der Waals surface area contributed by atoms with E-state index in [2.05, 4.69) is 50.3 Å². The van der Waals surface area contributed by atoms with Crippen molar-refractivity contribution in [3.8, 4) is 0 Å². The lowest BCUT2D eigenvalue weighted by Gasteiger charge is -2.20. The van der Waals surface area contributed by atoms with Gasteiger partial charge in [0.15, 0.2) is 0 Å². The first-order chi connectivity index (χ1) is 31.3. The van der Waals surface area contributed by atoms with Gasteiger partial charge in [-0.1, -0.05) is 237 Å². The van der Waals surface area contributed by atoms with E-state index >= 15 is 0 Å². The van der Waals surface area contributed by atoms with Crippen LogP contribution in [0.15, 0.2) is 36.5 Å². The van der Waals surface area contributed by atoms with Crippen molar-refractivity contribution in [3.05, 3.63) is 36.5 Å². The number of unbranched alkanes of at least 4 members (excludes halogenated alkanes) is 32. The molecule has 0 aliphatic heterocycles. The number of phosphoric acid groups is 1. The highest BCUT2D eigenvalue weighted by Gasteiger charge is 2.26. The van der Waals surface area contributed by atoms with E-state index in [0.717, 1.165) is 57.8 Å². The van der Waals surface area contributed by atoms with E-state index in [1.807, 2.05) is 0 Å². The van der Waals surface area contributed by atoms with Crippen LogP contribution in [-0.4, -0.2) is 66.3 Å². The van der Waals surface area contributed by atoms with E-state index in [1.54, 1.807) is 0 Å². The van der Waals surface area contributed by atoms with Gasteiger partial charge >= 0.3 is 13.8 Å². The lowest BCUT2D eigenvalue weighted by molar-refractivity contribution is -0.154. The zero-order valence-corrected chi connectivity index (χ0v) is 42.7. The molecule has 0 saturated heterocycles. The van der Waals surface area contributed by atoms with Gasteiger partial charge in [-0.3, -0.25) is 13.8 Å². The predicted molar refractivity (Wildman–Crippen MR) is 270 cm³/mol. The summed E-state index contributed by atoms with van der Waals surface area (Å²) >= 11 is 0. The highest BCUT2D eigenvalue weighted by atomic mass is 31.2. The summed E-state index contributed by atoms with van der Waals surface area (Å²) in [4.78, 5) is 22.7. The van der Waals surface area contributed by atoms with Crippen LogP contribution in [0.4, 0.5) is 0 Å². The van der Waals surface area contributed by atoms with E-state index in [-0.39, 0.29) is 25.6 Å². The summed E-state index contributed by atoms with van der Waals surface area (Å²) in [5.41, 5.74) is 0. The van der Waals surface area contributed by atoms with Crippen molar-refractivity contribution >= 4 is 13.8 Å². The fourth-order valence-electron chi connectivity index (χ4n) is 7.72. The van der Waals surface area contributed by atoms with Gasteiger partial charge in [-0.05, 0) is 51.4 Å². The Kier molecular flexibility index (Phi) is 50.0. The van der Waals surface area contributed by atoms with Gasteiger partial charge in [0, 0.05) is 13.0 Å². The number of aliphatic hydroxyl groups is 2. The molecule has 378 valence electrons. The number of carbonyl (C=O) groups excluding carboxylic acids is 1. The summed E-state index contributed by atoms with van der Waals surface area (Å²) in [5.74, 6) is -0.381. The Morgan fingerprint density at radius 3 is 1.27 bits per heavy atom. The average molecular weight is 927 g/mol. The topological polar surface area (TPSA) is 132 Å². The zero-order chi connectivity index (χ0) is 46.7. The first kappa shape index (κ1) is 62.7. The average Bonchev–Trinajstić information content (AvgIpc) is 3.29. The second kappa shape index (κ2) is 51.1. The summed E-state index contributed by atoms with van der Waals surface area (Å²) < 4.78 is 33.6. The van der Waals surface area contributed by atoms with Crippen molar-refractivity contribution in [1.29, 1.82) is 0 Å². The highest BCUT2D eigenvalue weighted by Crippen LogP contribution is 2.43. The number of ether oxygens (including phenoxy) is 2. The molecule has 9 nitrogen and oxygen atoms in total. The molecule has 3 N–H and O–H groups in total. The van der Waals surface area contributed by atoms with Gasteiger partial charge in [-0.2, -0.15) is 0 Å². The van der Waals surface area contributed by atoms with Crippen molar-refractivity contribution in [1.82, 2.24) is 0 Å². The van der Waals surface area contributed by atoms with E-state index in [9.17, 15) is 19.4 Å². The van der Waals surface area contributed by atoms with Crippen molar-refractivity contribution in [2.24, 2.45) is 0 Å². The molecule has 0 spiro atoms. The molecule has 0 aromatic rings. The standard InChI is InChI=1S/C54H103O9P/c1-3-5-7-9-11-13-15-17-19-21-23-25-27-29-31-33-35-37-39-41-43-45-47-60-50-53(51-62-64(58,59)61-49-52(56)48-55)63-54(57)46-44-42-40-38-36-34-32-30-28-26-24-22-20-18-16-14-12-10-8-6-4-2/h15,17,21,23,27,29,52-53,55-56H,3-14,16,18-20,22,24-26,28,30-51H2,1-2H3,(H,58,59)/b17-15-,23-21-,29-27-. The number of rotatable bonds is 52. The summed E-state index contributed by atoms with van der Waals surface area (Å²) in [6.07, 6.45) is 58.3. The summed E-state index contributed by atoms with van der Waals surface area (Å²) in [6, 6.07) is 0. The van der Waals surface area contributed by atoms with E-state index < -0.39 is 33.2 Å². The van der Waals surface area contributed by atoms with Crippen LogP contribution < -0.4 is 0 Å². The third kappa shape index (κ3) is 50.1. The maximum absolute atomic E-state index is 12.7. The van der Waals surface area contributed by atoms with E-state index in [0.29, 0.717) is 6.61 Å². The number of allylic oxidation sites excluding steroid dienone is 6. The molecule has 0 aromatic heterocycles. The van der Waals surface area contributed by atoms with Gasteiger partial charge in [0.25, 0.3) is 0 Å². The smallest absolute Gasteiger partial charge is 0.457 e. The molecule has 3 atom stereocenters. The normalized spacial score (nSPS) is 14.0. The predicted octanol–water partition coefficient (Wildman–Crippen LogP) is 15.9. The van der Waals surface area contributed by atoms with Gasteiger partial charge in [-0.25, -0.2) is 4.57 Å². The van der Waals surface area contributed by atoms with Crippen LogP contribution in [0.5, 0.6) is 0 Å². The number of hydrogen-bond donors (Lipinski definition) is 3. The quantitative estimate of drug-likeness (QED) is 0.0236. The van der Waals surface area contributed by atoms with Gasteiger partial charge in [0.1, 0.15) is 12.2 Å². The molecule has 0 amide bonds. The van der Waals surface area contributed by atoms with Crippen molar-refractivity contribution in [2.45, 2.75) is 270 Å². The zero-order valence-electron chi connectivity index (χ0n) is 41.8. The first-order valence-electron chi connectivity index (χ1n) is 27.0. The lowest BCUT2D eigenvalue weighted by atomic mass is 10.0. The van der Waals surface area contributed by atoms with Gasteiger partial charge < -0.3 is 24.6 Å². The monoisotopic (exact) mass is 927 g/mol. The Hall–Kier alpha value is -1.32. The van der Waals surface area contributed by atoms with Crippen molar-refractivity contribution in [2.75, 3.05) is 33.0 Å². The number of carbonyl (C=O) groups is 1. The van der Waals surface area contributed by atoms with Gasteiger partial charge in [-0.15, -0.1) is 0 Å². The molecule has 0 aromatic carbocycles. The maximum Gasteiger partial charge on any atom is 0.472 e. The Bertz CT molecular complexity index is 1100. The van der Waals surface area contributed by atoms with Crippen LogP contribution in [-0.2, 0) is 27.9 Å². The van der Waals surface area contributed by atoms with Crippen LogP contribution in [0.1, 0.15) is 258 Å². The molecule has 0 bridgehead atoms. The first-order valence-corrected chi connectivity index (χ1v) is 28.5. The summed E-state index contributed by atoms with van der Waals surface area (Å²) in [5, 5.41) is 18.4. The molecule has 0 radical (unpaired) electrons. The fourth-order valence-corrected chi connectivity index (χ4v) is 8.51. The van der Waals surface area contributed by atoms with E-state index in [4.69, 9.17) is 23.6 Å². The minimum absolute atomic E-state index is 0.0456. The second-order valence-electron chi connectivity index (χ2n) is 18.3. The Morgan fingerprint density at radius 1 is 0.484 bits per heavy atom. The molecular weight excluding hydrogens is 824 g/mol. The lowest BCUT2D eigenvalue weighted by Crippen LogP contribution is -2.29. The van der Waals surface area contributed by atoms with Crippen molar-refractivity contribution < 1.29 is 43.0 Å². The van der Waals surface area contributed by atoms with Crippen LogP contribution in [0, 0.1) is 0 Å². The highest BCUT2D eigenvalue weighted by molar-refractivity contribution is 7.47. The van der Waals surface area contributed by atoms with Crippen LogP contribution in [0.25, 0.3) is 0 Å². The molecular formula is C54H103O9P. The van der Waals surface area contributed by atoms with Gasteiger partial charge in [0.05, 0.1) is 26.4 Å². The van der Waals surface area contributed by atoms with E-state index in [1.165, 1.54) is 180 Å². The second-order valence-corrected chi connectivity index (χ2v) is 19.7. The summed E-state index contributed by atoms with van der Waals surface area (Å²) in [6.45, 7) is 3.54. The molecule has 0 saturated carbocycles. The molecule has 0 aliphatic carbocycles. The Labute approximate surface area is 395 Å². The number of hydrogen-bond acceptors (Lipinski definition) is 8. The molecule has 3 unspecified atom stereocenters. The van der Waals surface area contributed by atoms with Crippen LogP contribution >= 0.6 is 7.82 Å². The maximum atomic E-state index is 12.7. The number of esters is 1. The molecule has 0 aliphatic rings. The van der Waals surface area contributed by atoms with Crippen LogP contribution in [0.2, 0.25) is 0 Å². The molecule has 64 heavy (non-hydrogen) atoms. The molecule has 0 fully saturated rings. The largest absolute Gasteiger partial charge is 0.472 e. The van der Waals surface area contributed by atoms with Crippen molar-refractivity contribution in [3.63, 3.8) is 0 Å². The van der Waals surface area contributed by atoms with Gasteiger partial charge in [0.2, 0.25) is 0 Å². The third-order valence-electron chi connectivity index (χ3n) is 11.8. The minimum atomic E-state index is -4.53. The molecule has 10 heteroatoms. The fraction of sp³-hybridized carbons (Fsp3) is 0.870. The molecule has 0 heterocycles. The molecule has 0 rings (SSSR count). The Morgan fingerprint density at radius 2 is 0.844 bits per heavy atom. The van der Waals surface area contributed by atoms with Crippen LogP contribution in [0.3, 0.4) is 0 Å². The number of aliphatic hydroxyl groups excluding tert-OH is 2. The minimum Gasteiger partial charge on any atom is -0.457 e. The summed E-state index contributed by atoms with van der Waals surface area (Å²) in [7, 11) is -4.53. The SMILES string of the molecule is CCCCCCC/C=C\C/C=C\C/C=C\CCCCCCCCCOCC(COP(=O)(O)OCC(O)CO)OC(=O)CCCCCCCCCCCCCCCCCCCCCCC. The third-order valence-corrected chi connectivity index (χ3v) is 12.8.